The summed E-state index contributed by atoms with van der Waals surface area (Å²) >= 11 is 0. The molecule has 1 aromatic carbocycles. The molecule has 0 spiro atoms. The molecule has 0 bridgehead atoms. The second kappa shape index (κ2) is 4.40. The molecule has 0 saturated carbocycles. The van der Waals surface area contributed by atoms with Crippen molar-refractivity contribution in [3.8, 4) is 17.2 Å². The molecule has 0 aliphatic heterocycles. The predicted molar refractivity (Wildman–Crippen MR) is 62.0 cm³/mol. The van der Waals surface area contributed by atoms with Gasteiger partial charge in [-0.15, -0.1) is 0 Å². The van der Waals surface area contributed by atoms with Crippen molar-refractivity contribution in [2.24, 2.45) is 0 Å². The minimum Gasteiger partial charge on any atom is -0.499 e. The SMILES string of the molecule is COc1c(O)c(=O)oc2cccc(OC(C)=O)c12. The standard InChI is InChI=1S/C12H10O6/c1-6(13)17-7-4-3-5-8-9(7)11(16-2)10(14)12(15)18-8/h3-5,14H,1-2H3. The maximum absolute atomic E-state index is 11.3. The van der Waals surface area contributed by atoms with Gasteiger partial charge in [0.05, 0.1) is 7.11 Å². The monoisotopic (exact) mass is 250 g/mol. The number of carbonyl (C=O) groups excluding carboxylic acids is 1. The molecule has 0 aliphatic carbocycles. The van der Waals surface area contributed by atoms with E-state index in [1.807, 2.05) is 0 Å². The molecule has 1 N–H and O–H groups in total. The minimum absolute atomic E-state index is 0.0851. The van der Waals surface area contributed by atoms with Crippen molar-refractivity contribution in [3.63, 3.8) is 0 Å². The van der Waals surface area contributed by atoms with Gasteiger partial charge in [-0.25, -0.2) is 4.79 Å². The van der Waals surface area contributed by atoms with Crippen molar-refractivity contribution >= 4 is 16.9 Å². The largest absolute Gasteiger partial charge is 0.499 e. The number of fused-ring (bicyclic) bond motifs is 1. The number of rotatable bonds is 2. The molecule has 94 valence electrons. The van der Waals surface area contributed by atoms with E-state index in [0.29, 0.717) is 0 Å². The first-order valence-corrected chi connectivity index (χ1v) is 5.05. The Bertz CT molecular complexity index is 670. The summed E-state index contributed by atoms with van der Waals surface area (Å²) in [5, 5.41) is 9.81. The zero-order valence-electron chi connectivity index (χ0n) is 9.72. The second-order valence-corrected chi connectivity index (χ2v) is 3.49. The summed E-state index contributed by atoms with van der Waals surface area (Å²) in [5.41, 5.74) is -0.757. The summed E-state index contributed by atoms with van der Waals surface area (Å²) in [4.78, 5) is 22.3. The number of esters is 1. The second-order valence-electron chi connectivity index (χ2n) is 3.49. The van der Waals surface area contributed by atoms with Gasteiger partial charge in [-0.2, -0.15) is 0 Å². The molecule has 0 fully saturated rings. The van der Waals surface area contributed by atoms with Crippen LogP contribution in [0.4, 0.5) is 0 Å². The van der Waals surface area contributed by atoms with Gasteiger partial charge in [0.1, 0.15) is 16.7 Å². The number of ether oxygens (including phenoxy) is 2. The smallest absolute Gasteiger partial charge is 0.382 e. The van der Waals surface area contributed by atoms with Gasteiger partial charge < -0.3 is 19.0 Å². The van der Waals surface area contributed by atoms with E-state index >= 15 is 0 Å². The van der Waals surface area contributed by atoms with Crippen LogP contribution in [0.25, 0.3) is 11.0 Å². The highest BCUT2D eigenvalue weighted by Gasteiger charge is 2.18. The lowest BCUT2D eigenvalue weighted by molar-refractivity contribution is -0.131. The van der Waals surface area contributed by atoms with Crippen molar-refractivity contribution in [2.45, 2.75) is 6.92 Å². The van der Waals surface area contributed by atoms with Crippen LogP contribution >= 0.6 is 0 Å². The zero-order valence-corrected chi connectivity index (χ0v) is 9.72. The highest BCUT2D eigenvalue weighted by molar-refractivity contribution is 5.93. The average molecular weight is 250 g/mol. The van der Waals surface area contributed by atoms with Crippen LogP contribution in [0.2, 0.25) is 0 Å². The third-order valence-corrected chi connectivity index (χ3v) is 2.28. The fourth-order valence-corrected chi connectivity index (χ4v) is 1.62. The van der Waals surface area contributed by atoms with E-state index in [2.05, 4.69) is 0 Å². The van der Waals surface area contributed by atoms with E-state index in [0.717, 1.165) is 0 Å². The number of methoxy groups -OCH3 is 1. The van der Waals surface area contributed by atoms with Gasteiger partial charge in [0.25, 0.3) is 0 Å². The fourth-order valence-electron chi connectivity index (χ4n) is 1.62. The summed E-state index contributed by atoms with van der Waals surface area (Å²) in [6.45, 7) is 1.24. The van der Waals surface area contributed by atoms with Gasteiger partial charge in [0, 0.05) is 6.92 Å². The molecule has 0 atom stereocenters. The molecular weight excluding hydrogens is 240 g/mol. The van der Waals surface area contributed by atoms with E-state index in [1.165, 1.54) is 26.2 Å². The first kappa shape index (κ1) is 12.0. The van der Waals surface area contributed by atoms with Gasteiger partial charge in [-0.05, 0) is 12.1 Å². The van der Waals surface area contributed by atoms with Crippen molar-refractivity contribution in [2.75, 3.05) is 7.11 Å². The normalized spacial score (nSPS) is 10.3. The molecule has 0 radical (unpaired) electrons. The average Bonchev–Trinajstić information content (AvgIpc) is 2.31. The van der Waals surface area contributed by atoms with Crippen molar-refractivity contribution < 1.29 is 23.8 Å². The van der Waals surface area contributed by atoms with E-state index < -0.39 is 17.3 Å². The molecular formula is C12H10O6. The van der Waals surface area contributed by atoms with E-state index in [-0.39, 0.29) is 22.5 Å². The quantitative estimate of drug-likeness (QED) is 0.493. The van der Waals surface area contributed by atoms with Crippen LogP contribution in [0, 0.1) is 0 Å². The highest BCUT2D eigenvalue weighted by atomic mass is 16.5. The topological polar surface area (TPSA) is 86.0 Å². The number of benzene rings is 1. The van der Waals surface area contributed by atoms with Gasteiger partial charge in [0.2, 0.25) is 5.75 Å². The summed E-state index contributed by atoms with van der Waals surface area (Å²) in [5.74, 6) is -1.13. The van der Waals surface area contributed by atoms with Crippen LogP contribution < -0.4 is 15.1 Å². The number of hydrogen-bond donors (Lipinski definition) is 1. The van der Waals surface area contributed by atoms with Crippen LogP contribution in [-0.2, 0) is 4.79 Å². The highest BCUT2D eigenvalue weighted by Crippen LogP contribution is 2.37. The third kappa shape index (κ3) is 1.88. The third-order valence-electron chi connectivity index (χ3n) is 2.28. The van der Waals surface area contributed by atoms with Gasteiger partial charge >= 0.3 is 11.6 Å². The van der Waals surface area contributed by atoms with Crippen LogP contribution in [0.3, 0.4) is 0 Å². The summed E-state index contributed by atoms with van der Waals surface area (Å²) in [6.07, 6.45) is 0. The van der Waals surface area contributed by atoms with Crippen LogP contribution in [0.1, 0.15) is 6.92 Å². The summed E-state index contributed by atoms with van der Waals surface area (Å²) in [7, 11) is 1.29. The van der Waals surface area contributed by atoms with Gasteiger partial charge in [-0.1, -0.05) is 6.07 Å². The number of aromatic hydroxyl groups is 1. The van der Waals surface area contributed by atoms with Gasteiger partial charge in [-0.3, -0.25) is 4.79 Å². The predicted octanol–water partition coefficient (Wildman–Crippen LogP) is 1.43. The molecule has 0 unspecified atom stereocenters. The van der Waals surface area contributed by atoms with E-state index in [4.69, 9.17) is 13.9 Å². The molecule has 6 heteroatoms. The first-order valence-electron chi connectivity index (χ1n) is 5.05. The molecule has 0 aliphatic rings. The Labute approximate surface area is 101 Å². The molecule has 18 heavy (non-hydrogen) atoms. The van der Waals surface area contributed by atoms with Crippen molar-refractivity contribution in [1.29, 1.82) is 0 Å². The minimum atomic E-state index is -0.917. The lowest BCUT2D eigenvalue weighted by atomic mass is 10.2. The molecule has 2 rings (SSSR count). The number of carbonyl (C=O) groups is 1. The van der Waals surface area contributed by atoms with Crippen LogP contribution in [-0.4, -0.2) is 18.2 Å². The molecule has 0 saturated heterocycles. The number of hydrogen-bond acceptors (Lipinski definition) is 6. The Morgan fingerprint density at radius 3 is 2.72 bits per heavy atom. The Hall–Kier alpha value is -2.50. The van der Waals surface area contributed by atoms with E-state index in [1.54, 1.807) is 6.07 Å². The molecule has 0 amide bonds. The first-order chi connectivity index (χ1) is 8.54. The molecule has 1 aromatic heterocycles. The molecule has 1 heterocycles. The Kier molecular flexibility index (Phi) is 2.93. The van der Waals surface area contributed by atoms with Crippen LogP contribution in [0.5, 0.6) is 17.2 Å². The summed E-state index contributed by atoms with van der Waals surface area (Å²) < 4.78 is 14.8. The Morgan fingerprint density at radius 1 is 1.39 bits per heavy atom. The maximum Gasteiger partial charge on any atom is 0.382 e. The Morgan fingerprint density at radius 2 is 2.11 bits per heavy atom. The van der Waals surface area contributed by atoms with E-state index in [9.17, 15) is 14.7 Å². The lowest BCUT2D eigenvalue weighted by Gasteiger charge is -2.09. The fraction of sp³-hybridized carbons (Fsp3) is 0.167. The Balaban J connectivity index is 2.85. The maximum atomic E-state index is 11.3. The summed E-state index contributed by atoms with van der Waals surface area (Å²) in [6, 6.07) is 4.57. The zero-order chi connectivity index (χ0) is 13.3. The molecule has 6 nitrogen and oxygen atoms in total. The van der Waals surface area contributed by atoms with Crippen LogP contribution in [0.15, 0.2) is 27.4 Å². The van der Waals surface area contributed by atoms with Crippen molar-refractivity contribution in [1.82, 2.24) is 0 Å². The van der Waals surface area contributed by atoms with Gasteiger partial charge in [0.15, 0.2) is 5.75 Å². The molecule has 2 aromatic rings. The van der Waals surface area contributed by atoms with Crippen molar-refractivity contribution in [3.05, 3.63) is 28.6 Å². The lowest BCUT2D eigenvalue weighted by Crippen LogP contribution is -2.05.